The van der Waals surface area contributed by atoms with E-state index in [0.717, 1.165) is 12.2 Å². The van der Waals surface area contributed by atoms with Crippen LogP contribution in [0.3, 0.4) is 0 Å². The van der Waals surface area contributed by atoms with Gasteiger partial charge in [0.2, 0.25) is 5.82 Å². The van der Waals surface area contributed by atoms with Gasteiger partial charge in [-0.15, -0.1) is 0 Å². The van der Waals surface area contributed by atoms with Gasteiger partial charge in [-0.3, -0.25) is 10.1 Å². The standard InChI is InChI=1S/C9H15N5O2S/c1-6(2)3-4-17-9-7(14(15)16)8(13-10)11-5-12-9/h5-6H,3-4,10H2,1-2H3,(H,11,12,13). The Hall–Kier alpha value is -1.41. The van der Waals surface area contributed by atoms with Crippen molar-refractivity contribution in [3.05, 3.63) is 16.4 Å². The second-order valence-electron chi connectivity index (χ2n) is 3.81. The molecular formula is C9H15N5O2S. The third kappa shape index (κ3) is 3.82. The first-order valence-electron chi connectivity index (χ1n) is 5.15. The number of nitrogens with two attached hydrogens (primary N) is 1. The summed E-state index contributed by atoms with van der Waals surface area (Å²) >= 11 is 1.34. The molecule has 0 aliphatic heterocycles. The van der Waals surface area contributed by atoms with E-state index in [1.165, 1.54) is 18.1 Å². The maximum atomic E-state index is 10.9. The fourth-order valence-corrected chi connectivity index (χ4v) is 2.34. The van der Waals surface area contributed by atoms with Crippen LogP contribution in [0, 0.1) is 16.0 Å². The fraction of sp³-hybridized carbons (Fsp3) is 0.556. The summed E-state index contributed by atoms with van der Waals surface area (Å²) in [5.41, 5.74) is 2.05. The Morgan fingerprint density at radius 2 is 2.29 bits per heavy atom. The van der Waals surface area contributed by atoms with Crippen LogP contribution >= 0.6 is 11.8 Å². The Morgan fingerprint density at radius 3 is 2.82 bits per heavy atom. The van der Waals surface area contributed by atoms with E-state index in [4.69, 9.17) is 5.84 Å². The van der Waals surface area contributed by atoms with Crippen molar-refractivity contribution >= 4 is 23.3 Å². The number of thioether (sulfide) groups is 1. The summed E-state index contributed by atoms with van der Waals surface area (Å²) in [4.78, 5) is 18.0. The van der Waals surface area contributed by atoms with Crippen LogP contribution in [-0.4, -0.2) is 20.6 Å². The highest BCUT2D eigenvalue weighted by Crippen LogP contribution is 2.32. The van der Waals surface area contributed by atoms with Crippen molar-refractivity contribution in [2.24, 2.45) is 11.8 Å². The summed E-state index contributed by atoms with van der Waals surface area (Å²) in [5, 5.41) is 11.3. The lowest BCUT2D eigenvalue weighted by atomic mass is 10.2. The molecule has 0 fully saturated rings. The van der Waals surface area contributed by atoms with Gasteiger partial charge in [0, 0.05) is 0 Å². The Bertz CT molecular complexity index is 399. The number of anilines is 1. The summed E-state index contributed by atoms with van der Waals surface area (Å²) in [5.74, 6) is 6.55. The number of rotatable bonds is 6. The summed E-state index contributed by atoms with van der Waals surface area (Å²) in [6, 6.07) is 0. The highest BCUT2D eigenvalue weighted by Gasteiger charge is 2.22. The third-order valence-electron chi connectivity index (χ3n) is 2.04. The van der Waals surface area contributed by atoms with Crippen molar-refractivity contribution in [2.75, 3.05) is 11.2 Å². The van der Waals surface area contributed by atoms with Crippen molar-refractivity contribution in [1.82, 2.24) is 9.97 Å². The lowest BCUT2D eigenvalue weighted by Gasteiger charge is -2.06. The molecule has 7 nitrogen and oxygen atoms in total. The Balaban J connectivity index is 2.87. The number of aromatic nitrogens is 2. The lowest BCUT2D eigenvalue weighted by molar-refractivity contribution is -0.387. The normalized spacial score (nSPS) is 10.6. The highest BCUT2D eigenvalue weighted by molar-refractivity contribution is 7.99. The van der Waals surface area contributed by atoms with Crippen LogP contribution in [0.1, 0.15) is 20.3 Å². The molecule has 0 aromatic carbocycles. The predicted octanol–water partition coefficient (Wildman–Crippen LogP) is 1.81. The number of hydrogen-bond donors (Lipinski definition) is 2. The molecule has 0 amide bonds. The van der Waals surface area contributed by atoms with E-state index in [2.05, 4.69) is 29.2 Å². The second-order valence-corrected chi connectivity index (χ2v) is 4.89. The van der Waals surface area contributed by atoms with Gasteiger partial charge in [0.05, 0.1) is 4.92 Å². The molecule has 0 aliphatic rings. The number of nitro groups is 1. The number of nitrogen functional groups attached to an aromatic ring is 1. The predicted molar refractivity (Wildman–Crippen MR) is 66.7 cm³/mol. The van der Waals surface area contributed by atoms with Crippen molar-refractivity contribution in [3.63, 3.8) is 0 Å². The Labute approximate surface area is 103 Å². The fourth-order valence-electron chi connectivity index (χ4n) is 1.13. The van der Waals surface area contributed by atoms with E-state index < -0.39 is 4.92 Å². The first-order chi connectivity index (χ1) is 8.06. The molecule has 0 unspecified atom stereocenters. The molecule has 0 saturated heterocycles. The minimum absolute atomic E-state index is 0.0389. The van der Waals surface area contributed by atoms with Gasteiger partial charge in [-0.25, -0.2) is 15.8 Å². The molecule has 3 N–H and O–H groups in total. The maximum Gasteiger partial charge on any atom is 0.344 e. The third-order valence-corrected chi connectivity index (χ3v) is 3.05. The molecule has 0 radical (unpaired) electrons. The summed E-state index contributed by atoms with van der Waals surface area (Å²) < 4.78 is 0. The van der Waals surface area contributed by atoms with Crippen LogP contribution in [0.4, 0.5) is 11.5 Å². The van der Waals surface area contributed by atoms with Gasteiger partial charge in [-0.1, -0.05) is 25.6 Å². The Kier molecular flexibility index (Phi) is 5.11. The maximum absolute atomic E-state index is 10.9. The minimum atomic E-state index is -0.521. The molecule has 1 aromatic heterocycles. The largest absolute Gasteiger partial charge is 0.344 e. The van der Waals surface area contributed by atoms with Gasteiger partial charge in [-0.05, 0) is 18.1 Å². The average Bonchev–Trinajstić information content (AvgIpc) is 2.27. The van der Waals surface area contributed by atoms with Crippen LogP contribution < -0.4 is 11.3 Å². The van der Waals surface area contributed by atoms with Gasteiger partial charge >= 0.3 is 5.69 Å². The van der Waals surface area contributed by atoms with Crippen LogP contribution in [0.5, 0.6) is 0 Å². The van der Waals surface area contributed by atoms with Gasteiger partial charge in [0.1, 0.15) is 6.33 Å². The van der Waals surface area contributed by atoms with Crippen molar-refractivity contribution in [1.29, 1.82) is 0 Å². The minimum Gasteiger partial charge on any atom is -0.303 e. The average molecular weight is 257 g/mol. The zero-order valence-electron chi connectivity index (χ0n) is 9.71. The van der Waals surface area contributed by atoms with Gasteiger partial charge in [0.25, 0.3) is 0 Å². The molecule has 8 heteroatoms. The number of nitrogens with zero attached hydrogens (tertiary/aromatic N) is 3. The molecule has 0 atom stereocenters. The summed E-state index contributed by atoms with van der Waals surface area (Å²) in [6.45, 7) is 4.20. The number of hydrazine groups is 1. The van der Waals surface area contributed by atoms with Gasteiger partial charge < -0.3 is 5.43 Å². The van der Waals surface area contributed by atoms with Crippen molar-refractivity contribution in [3.8, 4) is 0 Å². The van der Waals surface area contributed by atoms with E-state index in [1.54, 1.807) is 0 Å². The molecule has 0 saturated carbocycles. The van der Waals surface area contributed by atoms with Crippen molar-refractivity contribution in [2.45, 2.75) is 25.3 Å². The molecule has 0 spiro atoms. The topological polar surface area (TPSA) is 107 Å². The van der Waals surface area contributed by atoms with E-state index >= 15 is 0 Å². The van der Waals surface area contributed by atoms with E-state index in [-0.39, 0.29) is 11.5 Å². The highest BCUT2D eigenvalue weighted by atomic mass is 32.2. The molecule has 1 aromatic rings. The molecule has 1 rings (SSSR count). The zero-order valence-corrected chi connectivity index (χ0v) is 10.5. The van der Waals surface area contributed by atoms with Crippen LogP contribution in [0.25, 0.3) is 0 Å². The zero-order chi connectivity index (χ0) is 12.8. The number of nitrogens with one attached hydrogen (secondary N) is 1. The quantitative estimate of drug-likeness (QED) is 0.263. The molecular weight excluding hydrogens is 242 g/mol. The Morgan fingerprint density at radius 1 is 1.59 bits per heavy atom. The van der Waals surface area contributed by atoms with E-state index in [9.17, 15) is 10.1 Å². The van der Waals surface area contributed by atoms with Crippen molar-refractivity contribution < 1.29 is 4.92 Å². The SMILES string of the molecule is CC(C)CCSc1ncnc(NN)c1[N+](=O)[O-]. The first-order valence-corrected chi connectivity index (χ1v) is 6.13. The van der Waals surface area contributed by atoms with E-state index in [1.807, 2.05) is 0 Å². The molecule has 17 heavy (non-hydrogen) atoms. The van der Waals surface area contributed by atoms with Crippen LogP contribution in [-0.2, 0) is 0 Å². The van der Waals surface area contributed by atoms with Gasteiger partial charge in [0.15, 0.2) is 5.03 Å². The summed E-state index contributed by atoms with van der Waals surface area (Å²) in [6.07, 6.45) is 2.23. The molecule has 94 valence electrons. The molecule has 0 bridgehead atoms. The number of hydrogen-bond acceptors (Lipinski definition) is 7. The summed E-state index contributed by atoms with van der Waals surface area (Å²) in [7, 11) is 0. The lowest BCUT2D eigenvalue weighted by Crippen LogP contribution is -2.12. The second kappa shape index (κ2) is 6.36. The van der Waals surface area contributed by atoms with Crippen LogP contribution in [0.2, 0.25) is 0 Å². The molecule has 0 aliphatic carbocycles. The first kappa shape index (κ1) is 13.7. The van der Waals surface area contributed by atoms with Crippen LogP contribution in [0.15, 0.2) is 11.4 Å². The van der Waals surface area contributed by atoms with E-state index in [0.29, 0.717) is 10.9 Å². The molecule has 1 heterocycles. The monoisotopic (exact) mass is 257 g/mol. The smallest absolute Gasteiger partial charge is 0.303 e. The van der Waals surface area contributed by atoms with Gasteiger partial charge in [-0.2, -0.15) is 0 Å².